The van der Waals surface area contributed by atoms with Gasteiger partial charge < -0.3 is 10.1 Å². The summed E-state index contributed by atoms with van der Waals surface area (Å²) in [5.74, 6) is 0.629. The zero-order chi connectivity index (χ0) is 11.1. The maximum absolute atomic E-state index is 5.70. The second-order valence-corrected chi connectivity index (χ2v) is 4.06. The van der Waals surface area contributed by atoms with Crippen molar-refractivity contribution >= 4 is 11.6 Å². The molecule has 0 fully saturated rings. The Kier molecular flexibility index (Phi) is 5.43. The predicted octanol–water partition coefficient (Wildman–Crippen LogP) is 2.50. The van der Waals surface area contributed by atoms with E-state index in [0.717, 1.165) is 13.0 Å². The van der Waals surface area contributed by atoms with Crippen molar-refractivity contribution in [2.24, 2.45) is 0 Å². The van der Waals surface area contributed by atoms with Crippen LogP contribution in [0.25, 0.3) is 0 Å². The molecule has 4 heteroatoms. The van der Waals surface area contributed by atoms with Crippen molar-refractivity contribution in [1.82, 2.24) is 10.3 Å². The Morgan fingerprint density at radius 1 is 1.47 bits per heavy atom. The monoisotopic (exact) mass is 228 g/mol. The molecule has 1 N–H and O–H groups in total. The first-order valence-corrected chi connectivity index (χ1v) is 5.54. The van der Waals surface area contributed by atoms with Gasteiger partial charge >= 0.3 is 0 Å². The fourth-order valence-electron chi connectivity index (χ4n) is 1.09. The molecule has 1 heterocycles. The van der Waals surface area contributed by atoms with Gasteiger partial charge in [0.05, 0.1) is 11.6 Å². The highest BCUT2D eigenvalue weighted by Crippen LogP contribution is 2.11. The van der Waals surface area contributed by atoms with E-state index in [1.807, 2.05) is 0 Å². The summed E-state index contributed by atoms with van der Waals surface area (Å²) in [6, 6.07) is 4.08. The van der Waals surface area contributed by atoms with E-state index in [1.165, 1.54) is 0 Å². The molecular formula is C11H17ClN2O. The second kappa shape index (κ2) is 6.64. The van der Waals surface area contributed by atoms with Crippen molar-refractivity contribution < 1.29 is 4.74 Å². The minimum absolute atomic E-state index is 0.527. The topological polar surface area (TPSA) is 34.1 Å². The zero-order valence-corrected chi connectivity index (χ0v) is 9.92. The molecule has 0 saturated carbocycles. The van der Waals surface area contributed by atoms with Crippen molar-refractivity contribution in [1.29, 1.82) is 0 Å². The third-order valence-corrected chi connectivity index (χ3v) is 2.05. The Labute approximate surface area is 95.8 Å². The Morgan fingerprint density at radius 3 is 2.87 bits per heavy atom. The first kappa shape index (κ1) is 12.3. The molecule has 0 amide bonds. The van der Waals surface area contributed by atoms with Crippen LogP contribution in [0.1, 0.15) is 20.3 Å². The number of hydrogen-bond donors (Lipinski definition) is 1. The highest BCUT2D eigenvalue weighted by Gasteiger charge is 1.96. The minimum atomic E-state index is 0.527. The van der Waals surface area contributed by atoms with E-state index in [2.05, 4.69) is 24.1 Å². The van der Waals surface area contributed by atoms with E-state index in [0.29, 0.717) is 23.6 Å². The summed E-state index contributed by atoms with van der Waals surface area (Å²) < 4.78 is 5.43. The summed E-state index contributed by atoms with van der Waals surface area (Å²) >= 11 is 5.70. The highest BCUT2D eigenvalue weighted by molar-refractivity contribution is 6.30. The first-order chi connectivity index (χ1) is 7.18. The van der Waals surface area contributed by atoms with Crippen LogP contribution < -0.4 is 10.1 Å². The number of halogens is 1. The molecule has 1 aromatic heterocycles. The van der Waals surface area contributed by atoms with Crippen molar-refractivity contribution in [3.8, 4) is 5.88 Å². The summed E-state index contributed by atoms with van der Waals surface area (Å²) in [6.07, 6.45) is 2.56. The molecule has 0 aromatic carbocycles. The van der Waals surface area contributed by atoms with Crippen LogP contribution in [0.4, 0.5) is 0 Å². The molecule has 0 saturated heterocycles. The maximum atomic E-state index is 5.70. The largest absolute Gasteiger partial charge is 0.478 e. The summed E-state index contributed by atoms with van der Waals surface area (Å²) in [7, 11) is 0. The van der Waals surface area contributed by atoms with Crippen molar-refractivity contribution in [3.63, 3.8) is 0 Å². The summed E-state index contributed by atoms with van der Waals surface area (Å²) in [6.45, 7) is 5.89. The average Bonchev–Trinajstić information content (AvgIpc) is 2.20. The van der Waals surface area contributed by atoms with Crippen LogP contribution >= 0.6 is 11.6 Å². The molecule has 0 aliphatic rings. The lowest BCUT2D eigenvalue weighted by atomic mass is 10.3. The van der Waals surface area contributed by atoms with Crippen molar-refractivity contribution in [3.05, 3.63) is 23.4 Å². The molecular weight excluding hydrogens is 212 g/mol. The fourth-order valence-corrected chi connectivity index (χ4v) is 1.20. The maximum Gasteiger partial charge on any atom is 0.213 e. The standard InChI is InChI=1S/C11H17ClN2O/c1-9(2)13-6-3-7-15-11-5-4-10(12)8-14-11/h4-5,8-9,13H,3,6-7H2,1-2H3. The van der Waals surface area contributed by atoms with Gasteiger partial charge in [-0.3, -0.25) is 0 Å². The van der Waals surface area contributed by atoms with Crippen LogP contribution in [0.5, 0.6) is 5.88 Å². The summed E-state index contributed by atoms with van der Waals surface area (Å²) in [5, 5.41) is 3.95. The predicted molar refractivity (Wildman–Crippen MR) is 62.5 cm³/mol. The molecule has 15 heavy (non-hydrogen) atoms. The molecule has 84 valence electrons. The molecule has 0 aliphatic heterocycles. The van der Waals surface area contributed by atoms with Gasteiger partial charge in [0, 0.05) is 18.3 Å². The molecule has 0 radical (unpaired) electrons. The van der Waals surface area contributed by atoms with Crippen molar-refractivity contribution in [2.45, 2.75) is 26.3 Å². The second-order valence-electron chi connectivity index (χ2n) is 3.63. The summed E-state index contributed by atoms with van der Waals surface area (Å²) in [5.41, 5.74) is 0. The fraction of sp³-hybridized carbons (Fsp3) is 0.545. The van der Waals surface area contributed by atoms with Gasteiger partial charge in [-0.05, 0) is 19.0 Å². The molecule has 0 bridgehead atoms. The van der Waals surface area contributed by atoms with Gasteiger partial charge in [0.2, 0.25) is 5.88 Å². The van der Waals surface area contributed by atoms with Crippen LogP contribution in [0, 0.1) is 0 Å². The van der Waals surface area contributed by atoms with Crippen LogP contribution in [0.3, 0.4) is 0 Å². The smallest absolute Gasteiger partial charge is 0.213 e. The highest BCUT2D eigenvalue weighted by atomic mass is 35.5. The Morgan fingerprint density at radius 2 is 2.27 bits per heavy atom. The number of hydrogen-bond acceptors (Lipinski definition) is 3. The minimum Gasteiger partial charge on any atom is -0.478 e. The third-order valence-electron chi connectivity index (χ3n) is 1.82. The Balaban J connectivity index is 2.12. The normalized spacial score (nSPS) is 10.7. The number of aromatic nitrogens is 1. The molecule has 0 aliphatic carbocycles. The molecule has 3 nitrogen and oxygen atoms in total. The Hall–Kier alpha value is -0.800. The van der Waals surface area contributed by atoms with Gasteiger partial charge in [-0.25, -0.2) is 4.98 Å². The quantitative estimate of drug-likeness (QED) is 0.760. The Bertz CT molecular complexity index is 274. The molecule has 1 rings (SSSR count). The van der Waals surface area contributed by atoms with Gasteiger partial charge in [0.1, 0.15) is 0 Å². The van der Waals surface area contributed by atoms with E-state index < -0.39 is 0 Å². The number of rotatable bonds is 6. The van der Waals surface area contributed by atoms with E-state index in [4.69, 9.17) is 16.3 Å². The lowest BCUT2D eigenvalue weighted by Crippen LogP contribution is -2.24. The van der Waals surface area contributed by atoms with Gasteiger partial charge in [0.25, 0.3) is 0 Å². The molecule has 0 unspecified atom stereocenters. The lowest BCUT2D eigenvalue weighted by molar-refractivity contribution is 0.295. The molecule has 0 spiro atoms. The first-order valence-electron chi connectivity index (χ1n) is 5.16. The van der Waals surface area contributed by atoms with Gasteiger partial charge in [-0.1, -0.05) is 25.4 Å². The number of nitrogens with zero attached hydrogens (tertiary/aromatic N) is 1. The average molecular weight is 229 g/mol. The van der Waals surface area contributed by atoms with E-state index in [1.54, 1.807) is 18.3 Å². The van der Waals surface area contributed by atoms with E-state index in [-0.39, 0.29) is 0 Å². The van der Waals surface area contributed by atoms with Crippen LogP contribution in [0.15, 0.2) is 18.3 Å². The van der Waals surface area contributed by atoms with Gasteiger partial charge in [0.15, 0.2) is 0 Å². The molecule has 1 aromatic rings. The number of ether oxygens (including phenoxy) is 1. The summed E-state index contributed by atoms with van der Waals surface area (Å²) in [4.78, 5) is 4.04. The van der Waals surface area contributed by atoms with Gasteiger partial charge in [-0.2, -0.15) is 0 Å². The van der Waals surface area contributed by atoms with E-state index >= 15 is 0 Å². The molecule has 0 atom stereocenters. The SMILES string of the molecule is CC(C)NCCCOc1ccc(Cl)cn1. The van der Waals surface area contributed by atoms with Crippen LogP contribution in [-0.2, 0) is 0 Å². The van der Waals surface area contributed by atoms with E-state index in [9.17, 15) is 0 Å². The lowest BCUT2D eigenvalue weighted by Gasteiger charge is -2.08. The third kappa shape index (κ3) is 5.60. The van der Waals surface area contributed by atoms with Crippen LogP contribution in [0.2, 0.25) is 5.02 Å². The number of nitrogens with one attached hydrogen (secondary N) is 1. The van der Waals surface area contributed by atoms with Crippen LogP contribution in [-0.4, -0.2) is 24.2 Å². The zero-order valence-electron chi connectivity index (χ0n) is 9.16. The van der Waals surface area contributed by atoms with Gasteiger partial charge in [-0.15, -0.1) is 0 Å². The van der Waals surface area contributed by atoms with Crippen molar-refractivity contribution in [2.75, 3.05) is 13.2 Å². The number of pyridine rings is 1.